The number of hydrogen-bond acceptors (Lipinski definition) is 7. The molecule has 4 fully saturated rings. The van der Waals surface area contributed by atoms with Gasteiger partial charge in [-0.1, -0.05) is 18.2 Å². The zero-order chi connectivity index (χ0) is 27.7. The molecule has 4 aliphatic rings. The van der Waals surface area contributed by atoms with Crippen molar-refractivity contribution in [3.05, 3.63) is 54.3 Å². The Morgan fingerprint density at radius 1 is 1.05 bits per heavy atom. The summed E-state index contributed by atoms with van der Waals surface area (Å²) in [5.74, 6) is 0.562. The van der Waals surface area contributed by atoms with Gasteiger partial charge in [0.1, 0.15) is 30.2 Å². The average molecular weight is 558 g/mol. The largest absolute Gasteiger partial charge is 0.508 e. The molecule has 0 spiro atoms. The van der Waals surface area contributed by atoms with Crippen LogP contribution in [0, 0.1) is 5.82 Å². The normalized spacial score (nSPS) is 27.7. The topological polar surface area (TPSA) is 73.8 Å². The monoisotopic (exact) mass is 557 g/mol. The molecule has 4 aliphatic heterocycles. The van der Waals surface area contributed by atoms with Gasteiger partial charge in [0.15, 0.2) is 0 Å². The second-order valence-corrected chi connectivity index (χ2v) is 12.3. The molecule has 7 nitrogen and oxygen atoms in total. The number of ether oxygens (including phenoxy) is 1. The molecule has 2 bridgehead atoms. The van der Waals surface area contributed by atoms with Gasteiger partial charge in [-0.25, -0.2) is 8.78 Å². The highest BCUT2D eigenvalue weighted by molar-refractivity contribution is 6.01. The fraction of sp³-hybridized carbons (Fsp3) is 0.438. The third-order valence-corrected chi connectivity index (χ3v) is 9.63. The number of fused-ring (bicyclic) bond motifs is 5. The molecule has 1 aromatic heterocycles. The molecule has 0 amide bonds. The van der Waals surface area contributed by atoms with E-state index < -0.39 is 6.17 Å². The second kappa shape index (κ2) is 9.49. The number of halogens is 2. The number of aromatic nitrogens is 2. The van der Waals surface area contributed by atoms with E-state index >= 15 is 4.39 Å². The Labute approximate surface area is 237 Å². The molecule has 9 heteroatoms. The van der Waals surface area contributed by atoms with Crippen LogP contribution in [0.2, 0.25) is 0 Å². The van der Waals surface area contributed by atoms with E-state index in [-0.39, 0.29) is 23.1 Å². The summed E-state index contributed by atoms with van der Waals surface area (Å²) in [6, 6.07) is 15.1. The van der Waals surface area contributed by atoms with Gasteiger partial charge in [0, 0.05) is 48.9 Å². The van der Waals surface area contributed by atoms with Crippen molar-refractivity contribution >= 4 is 27.5 Å². The lowest BCUT2D eigenvalue weighted by molar-refractivity contribution is 0.107. The number of rotatable bonds is 5. The third kappa shape index (κ3) is 4.28. The van der Waals surface area contributed by atoms with Crippen molar-refractivity contribution in [1.82, 2.24) is 20.2 Å². The van der Waals surface area contributed by atoms with Crippen LogP contribution in [0.25, 0.3) is 32.8 Å². The van der Waals surface area contributed by atoms with Crippen LogP contribution >= 0.6 is 0 Å². The summed E-state index contributed by atoms with van der Waals surface area (Å²) >= 11 is 0. The summed E-state index contributed by atoms with van der Waals surface area (Å²) in [6.45, 7) is 3.43. The van der Waals surface area contributed by atoms with E-state index in [0.717, 1.165) is 62.1 Å². The number of alkyl halides is 1. The van der Waals surface area contributed by atoms with Crippen molar-refractivity contribution in [2.24, 2.45) is 0 Å². The number of piperazine rings is 1. The van der Waals surface area contributed by atoms with Gasteiger partial charge in [0.05, 0.1) is 11.1 Å². The maximum absolute atomic E-state index is 15.0. The number of benzene rings is 3. The first-order valence-corrected chi connectivity index (χ1v) is 14.7. The van der Waals surface area contributed by atoms with Gasteiger partial charge in [-0.3, -0.25) is 4.90 Å². The van der Waals surface area contributed by atoms with Crippen LogP contribution in [0.3, 0.4) is 0 Å². The highest BCUT2D eigenvalue weighted by atomic mass is 19.1. The highest BCUT2D eigenvalue weighted by Crippen LogP contribution is 2.41. The summed E-state index contributed by atoms with van der Waals surface area (Å²) in [5, 5.41) is 16.1. The molecule has 0 saturated carbocycles. The first-order valence-electron chi connectivity index (χ1n) is 14.7. The number of hydrogen-bond donors (Lipinski definition) is 2. The van der Waals surface area contributed by atoms with Crippen LogP contribution in [0.4, 0.5) is 14.6 Å². The molecule has 0 unspecified atom stereocenters. The predicted molar refractivity (Wildman–Crippen MR) is 155 cm³/mol. The molecular formula is C32H33F2N5O2. The van der Waals surface area contributed by atoms with Gasteiger partial charge in [0.25, 0.3) is 0 Å². The number of anilines is 1. The molecule has 4 atom stereocenters. The van der Waals surface area contributed by atoms with E-state index in [9.17, 15) is 9.50 Å². The van der Waals surface area contributed by atoms with Crippen molar-refractivity contribution in [3.8, 4) is 22.9 Å². The van der Waals surface area contributed by atoms with Gasteiger partial charge >= 0.3 is 6.01 Å². The van der Waals surface area contributed by atoms with E-state index in [1.807, 2.05) is 18.2 Å². The standard InChI is InChI=1S/C32H33F2N5O2/c33-21-14-32(9-2-10-39(32)15-21)18-41-31-36-28-12-19(26-13-24(40)11-20-3-1-4-27(34)29(20)26)5-8-25(28)30(37-31)38-16-22-6-7-23(17-38)35-22/h1,3-5,8,11-13,21-23,35,40H,2,6-7,9-10,14-18H2/t21-,22-,23+,32+/m1/s1. The summed E-state index contributed by atoms with van der Waals surface area (Å²) < 4.78 is 35.8. The molecule has 212 valence electrons. The lowest BCUT2D eigenvalue weighted by Crippen LogP contribution is -2.51. The zero-order valence-corrected chi connectivity index (χ0v) is 22.8. The lowest BCUT2D eigenvalue weighted by Gasteiger charge is -2.34. The Bertz CT molecular complexity index is 1650. The zero-order valence-electron chi connectivity index (χ0n) is 22.8. The maximum Gasteiger partial charge on any atom is 0.319 e. The number of aromatic hydroxyl groups is 1. The minimum absolute atomic E-state index is 0.0741. The summed E-state index contributed by atoms with van der Waals surface area (Å²) in [5.41, 5.74) is 1.74. The van der Waals surface area contributed by atoms with E-state index in [0.29, 0.717) is 53.5 Å². The van der Waals surface area contributed by atoms with Crippen LogP contribution in [0.1, 0.15) is 32.1 Å². The van der Waals surface area contributed by atoms with Crippen LogP contribution < -0.4 is 15.0 Å². The fourth-order valence-corrected chi connectivity index (χ4v) is 7.78. The Kier molecular flexibility index (Phi) is 5.83. The van der Waals surface area contributed by atoms with Crippen LogP contribution in [-0.2, 0) is 0 Å². The molecule has 8 rings (SSSR count). The van der Waals surface area contributed by atoms with Crippen molar-refractivity contribution in [1.29, 1.82) is 0 Å². The Morgan fingerprint density at radius 2 is 1.90 bits per heavy atom. The summed E-state index contributed by atoms with van der Waals surface area (Å²) in [4.78, 5) is 14.3. The maximum atomic E-state index is 15.0. The summed E-state index contributed by atoms with van der Waals surface area (Å²) in [6.07, 6.45) is 3.90. The smallest absolute Gasteiger partial charge is 0.319 e. The average Bonchev–Trinajstić information content (AvgIpc) is 3.61. The molecule has 4 saturated heterocycles. The minimum atomic E-state index is -0.830. The van der Waals surface area contributed by atoms with E-state index in [2.05, 4.69) is 15.1 Å². The number of nitrogens with one attached hydrogen (secondary N) is 1. The Morgan fingerprint density at radius 3 is 2.76 bits per heavy atom. The number of nitrogens with zero attached hydrogens (tertiary/aromatic N) is 4. The fourth-order valence-electron chi connectivity index (χ4n) is 7.78. The van der Waals surface area contributed by atoms with E-state index in [1.165, 1.54) is 6.07 Å². The summed E-state index contributed by atoms with van der Waals surface area (Å²) in [7, 11) is 0. The van der Waals surface area contributed by atoms with E-state index in [1.54, 1.807) is 24.3 Å². The number of phenols is 1. The van der Waals surface area contributed by atoms with Gasteiger partial charge in [0.2, 0.25) is 0 Å². The van der Waals surface area contributed by atoms with Gasteiger partial charge < -0.3 is 20.1 Å². The molecule has 3 aromatic carbocycles. The Hall–Kier alpha value is -3.56. The molecule has 0 radical (unpaired) electrons. The molecular weight excluding hydrogens is 524 g/mol. The van der Waals surface area contributed by atoms with Crippen molar-refractivity contribution in [2.45, 2.75) is 55.9 Å². The quantitative estimate of drug-likeness (QED) is 0.350. The SMILES string of the molecule is Oc1cc(-c2ccc3c(N4C[C@H]5CC[C@@H](C4)N5)nc(OC[C@@]45CCCN4C[C@H](F)C5)nc3c2)c2c(F)cccc2c1. The highest BCUT2D eigenvalue weighted by Gasteiger charge is 2.49. The van der Waals surface area contributed by atoms with Gasteiger partial charge in [-0.2, -0.15) is 9.97 Å². The molecule has 41 heavy (non-hydrogen) atoms. The second-order valence-electron chi connectivity index (χ2n) is 12.3. The van der Waals surface area contributed by atoms with Gasteiger partial charge in [-0.05, 0) is 79.1 Å². The van der Waals surface area contributed by atoms with Crippen molar-refractivity contribution in [2.75, 3.05) is 37.7 Å². The van der Waals surface area contributed by atoms with Crippen LogP contribution in [-0.4, -0.2) is 76.6 Å². The van der Waals surface area contributed by atoms with Crippen LogP contribution in [0.5, 0.6) is 11.8 Å². The molecule has 4 aromatic rings. The third-order valence-electron chi connectivity index (χ3n) is 9.63. The van der Waals surface area contributed by atoms with Gasteiger partial charge in [-0.15, -0.1) is 0 Å². The Balaban J connectivity index is 1.23. The van der Waals surface area contributed by atoms with E-state index in [4.69, 9.17) is 14.7 Å². The molecule has 0 aliphatic carbocycles. The van der Waals surface area contributed by atoms with Crippen LogP contribution in [0.15, 0.2) is 48.5 Å². The predicted octanol–water partition coefficient (Wildman–Crippen LogP) is 5.19. The number of phenolic OH excluding ortho intramolecular Hbond substituents is 1. The lowest BCUT2D eigenvalue weighted by atomic mass is 9.95. The van der Waals surface area contributed by atoms with Crippen molar-refractivity contribution in [3.63, 3.8) is 0 Å². The first-order chi connectivity index (χ1) is 19.9. The minimum Gasteiger partial charge on any atom is -0.508 e. The molecule has 5 heterocycles. The first kappa shape index (κ1) is 25.2. The van der Waals surface area contributed by atoms with Crippen molar-refractivity contribution < 1.29 is 18.6 Å². The molecule has 2 N–H and O–H groups in total.